The lowest BCUT2D eigenvalue weighted by atomic mass is 10.0. The topological polar surface area (TPSA) is 255 Å². The number of hydrogen-bond acceptors (Lipinski definition) is 8. The minimum absolute atomic E-state index is 0.0103. The Bertz CT molecular complexity index is 979. The lowest BCUT2D eigenvalue weighted by molar-refractivity contribution is -0.145. The fourth-order valence-corrected chi connectivity index (χ4v) is 3.33. The summed E-state index contributed by atoms with van der Waals surface area (Å²) >= 11 is 0. The van der Waals surface area contributed by atoms with Crippen LogP contribution in [0.25, 0.3) is 0 Å². The molecule has 0 heterocycles. The highest BCUT2D eigenvalue weighted by Gasteiger charge is 2.32. The number of carboxylic acid groups (broad SMARTS) is 1. The fourth-order valence-electron chi connectivity index (χ4n) is 3.33. The Balaban J connectivity index is 3.19. The van der Waals surface area contributed by atoms with Crippen molar-refractivity contribution in [3.8, 4) is 5.75 Å². The van der Waals surface area contributed by atoms with Crippen LogP contribution in [-0.2, 0) is 25.6 Å². The van der Waals surface area contributed by atoms with E-state index in [-0.39, 0.29) is 37.0 Å². The van der Waals surface area contributed by atoms with Crippen molar-refractivity contribution < 1.29 is 34.5 Å². The van der Waals surface area contributed by atoms with Gasteiger partial charge in [0.15, 0.2) is 12.0 Å². The molecule has 5 unspecified atom stereocenters. The van der Waals surface area contributed by atoms with Crippen LogP contribution in [0.1, 0.15) is 39.2 Å². The van der Waals surface area contributed by atoms with E-state index in [4.69, 9.17) is 17.2 Å². The Labute approximate surface area is 221 Å². The number of nitrogens with two attached hydrogens (primary N) is 3. The van der Waals surface area contributed by atoms with E-state index >= 15 is 0 Å². The second kappa shape index (κ2) is 15.4. The summed E-state index contributed by atoms with van der Waals surface area (Å²) in [5.41, 5.74) is 17.1. The summed E-state index contributed by atoms with van der Waals surface area (Å²) in [7, 11) is 0. The van der Waals surface area contributed by atoms with Crippen LogP contribution in [0, 0.1) is 5.92 Å². The zero-order valence-electron chi connectivity index (χ0n) is 21.8. The monoisotopic (exact) mass is 537 g/mol. The number of carbonyl (C=O) groups is 4. The number of aromatic hydroxyl groups is 1. The molecule has 0 saturated carbocycles. The van der Waals surface area contributed by atoms with Crippen LogP contribution in [0.3, 0.4) is 0 Å². The van der Waals surface area contributed by atoms with Gasteiger partial charge >= 0.3 is 5.97 Å². The first-order chi connectivity index (χ1) is 17.7. The lowest BCUT2D eigenvalue weighted by Crippen LogP contribution is -2.59. The standard InChI is InChI=1S/C24H39N7O7/c1-12(2)18(25)22(36)29-16(5-4-10-28-24(26)27)20(34)30-17(11-14-6-8-15(33)9-7-14)21(35)31-19(13(3)32)23(37)38/h6-9,12-13,16-19,32-33H,4-5,10-11,25H2,1-3H3,(H,29,36)(H,30,34)(H,31,35)(H,37,38)(H4,26,27,28). The predicted octanol–water partition coefficient (Wildman–Crippen LogP) is -2.11. The van der Waals surface area contributed by atoms with Gasteiger partial charge in [0.1, 0.15) is 17.8 Å². The number of aliphatic hydroxyl groups excluding tert-OH is 1. The summed E-state index contributed by atoms with van der Waals surface area (Å²) in [4.78, 5) is 54.3. The molecule has 3 amide bonds. The quantitative estimate of drug-likeness (QED) is 0.0668. The van der Waals surface area contributed by atoms with Gasteiger partial charge in [0, 0.05) is 13.0 Å². The third-order valence-electron chi connectivity index (χ3n) is 5.65. The van der Waals surface area contributed by atoms with Crippen molar-refractivity contribution in [2.45, 2.75) is 70.3 Å². The van der Waals surface area contributed by atoms with Crippen LogP contribution >= 0.6 is 0 Å². The average molecular weight is 538 g/mol. The first-order valence-electron chi connectivity index (χ1n) is 12.1. The highest BCUT2D eigenvalue weighted by atomic mass is 16.4. The predicted molar refractivity (Wildman–Crippen MR) is 140 cm³/mol. The fraction of sp³-hybridized carbons (Fsp3) is 0.542. The third kappa shape index (κ3) is 11.0. The molecule has 14 nitrogen and oxygen atoms in total. The second-order valence-corrected chi connectivity index (χ2v) is 9.28. The second-order valence-electron chi connectivity index (χ2n) is 9.28. The number of amides is 3. The summed E-state index contributed by atoms with van der Waals surface area (Å²) in [6.07, 6.45) is -1.07. The summed E-state index contributed by atoms with van der Waals surface area (Å²) in [6, 6.07) is 0.932. The molecule has 0 aliphatic rings. The molecule has 0 spiro atoms. The zero-order chi connectivity index (χ0) is 29.0. The molecule has 0 bridgehead atoms. The van der Waals surface area contributed by atoms with Crippen LogP contribution in [-0.4, -0.2) is 81.8 Å². The number of phenolic OH excluding ortho intramolecular Hbond substituents is 1. The largest absolute Gasteiger partial charge is 0.508 e. The number of aliphatic hydroxyl groups is 1. The normalized spacial score (nSPS) is 14.9. The van der Waals surface area contributed by atoms with Crippen molar-refractivity contribution in [1.29, 1.82) is 0 Å². The molecular formula is C24H39N7O7. The molecule has 212 valence electrons. The van der Waals surface area contributed by atoms with Gasteiger partial charge in [-0.1, -0.05) is 26.0 Å². The van der Waals surface area contributed by atoms with E-state index in [0.717, 1.165) is 0 Å². The molecule has 0 saturated heterocycles. The zero-order valence-corrected chi connectivity index (χ0v) is 21.8. The maximum atomic E-state index is 13.3. The van der Waals surface area contributed by atoms with Crippen LogP contribution in [0.2, 0.25) is 0 Å². The molecule has 0 fully saturated rings. The highest BCUT2D eigenvalue weighted by Crippen LogP contribution is 2.12. The van der Waals surface area contributed by atoms with Crippen LogP contribution in [0.15, 0.2) is 29.3 Å². The van der Waals surface area contributed by atoms with Gasteiger partial charge in [-0.2, -0.15) is 0 Å². The number of benzene rings is 1. The van der Waals surface area contributed by atoms with Gasteiger partial charge in [0.05, 0.1) is 12.1 Å². The van der Waals surface area contributed by atoms with Gasteiger partial charge in [-0.05, 0) is 43.4 Å². The number of aliphatic carboxylic acids is 1. The van der Waals surface area contributed by atoms with Gasteiger partial charge in [0.2, 0.25) is 17.7 Å². The number of guanidine groups is 1. The smallest absolute Gasteiger partial charge is 0.328 e. The van der Waals surface area contributed by atoms with Gasteiger partial charge in [-0.3, -0.25) is 19.4 Å². The average Bonchev–Trinajstić information content (AvgIpc) is 2.83. The van der Waals surface area contributed by atoms with E-state index < -0.39 is 54.0 Å². The first-order valence-corrected chi connectivity index (χ1v) is 12.1. The molecule has 1 rings (SSSR count). The number of nitrogens with zero attached hydrogens (tertiary/aromatic N) is 1. The molecule has 12 N–H and O–H groups in total. The van der Waals surface area contributed by atoms with E-state index in [0.29, 0.717) is 12.0 Å². The number of carbonyl (C=O) groups excluding carboxylic acids is 3. The minimum atomic E-state index is -1.62. The molecule has 0 aliphatic carbocycles. The van der Waals surface area contributed by atoms with Gasteiger partial charge in [0.25, 0.3) is 0 Å². The number of aliphatic imine (C=N–C) groups is 1. The van der Waals surface area contributed by atoms with E-state index in [1.807, 2.05) is 0 Å². The van der Waals surface area contributed by atoms with Crippen molar-refractivity contribution in [2.75, 3.05) is 6.54 Å². The lowest BCUT2D eigenvalue weighted by Gasteiger charge is -2.26. The number of rotatable bonds is 15. The maximum absolute atomic E-state index is 13.3. The summed E-state index contributed by atoms with van der Waals surface area (Å²) in [5.74, 6) is -3.97. The highest BCUT2D eigenvalue weighted by molar-refractivity contribution is 5.94. The third-order valence-corrected chi connectivity index (χ3v) is 5.65. The van der Waals surface area contributed by atoms with Crippen molar-refractivity contribution in [3.05, 3.63) is 29.8 Å². The maximum Gasteiger partial charge on any atom is 0.328 e. The Morgan fingerprint density at radius 2 is 1.47 bits per heavy atom. The molecule has 0 radical (unpaired) electrons. The molecule has 14 heteroatoms. The summed E-state index contributed by atoms with van der Waals surface area (Å²) in [6.45, 7) is 4.88. The summed E-state index contributed by atoms with van der Waals surface area (Å²) in [5, 5.41) is 36.0. The van der Waals surface area contributed by atoms with Crippen molar-refractivity contribution in [2.24, 2.45) is 28.1 Å². The van der Waals surface area contributed by atoms with Crippen molar-refractivity contribution in [3.63, 3.8) is 0 Å². The number of hydrogen-bond donors (Lipinski definition) is 9. The molecule has 0 aromatic heterocycles. The van der Waals surface area contributed by atoms with Gasteiger partial charge in [-0.25, -0.2) is 4.79 Å². The Hall–Kier alpha value is -3.91. The van der Waals surface area contributed by atoms with E-state index in [1.165, 1.54) is 31.2 Å². The van der Waals surface area contributed by atoms with E-state index in [1.54, 1.807) is 13.8 Å². The molecule has 1 aromatic rings. The van der Waals surface area contributed by atoms with Crippen LogP contribution < -0.4 is 33.2 Å². The van der Waals surface area contributed by atoms with E-state index in [9.17, 15) is 34.5 Å². The number of carboxylic acids is 1. The van der Waals surface area contributed by atoms with Gasteiger partial charge in [-0.15, -0.1) is 0 Å². The Morgan fingerprint density at radius 3 is 1.97 bits per heavy atom. The number of nitrogens with one attached hydrogen (secondary N) is 3. The first kappa shape index (κ1) is 32.1. The van der Waals surface area contributed by atoms with E-state index in [2.05, 4.69) is 20.9 Å². The Morgan fingerprint density at radius 1 is 0.921 bits per heavy atom. The molecular weight excluding hydrogens is 498 g/mol. The van der Waals surface area contributed by atoms with Crippen LogP contribution in [0.5, 0.6) is 5.75 Å². The Kier molecular flexibility index (Phi) is 13.0. The van der Waals surface area contributed by atoms with Crippen LogP contribution in [0.4, 0.5) is 0 Å². The minimum Gasteiger partial charge on any atom is -0.508 e. The van der Waals surface area contributed by atoms with Gasteiger partial charge < -0.3 is 48.5 Å². The molecule has 5 atom stereocenters. The van der Waals surface area contributed by atoms with Crippen molar-refractivity contribution >= 4 is 29.7 Å². The molecule has 38 heavy (non-hydrogen) atoms. The molecule has 0 aliphatic heterocycles. The number of phenols is 1. The SMILES string of the molecule is CC(C)C(N)C(=O)NC(CCCN=C(N)N)C(=O)NC(Cc1ccc(O)cc1)C(=O)NC(C(=O)O)C(C)O. The molecule has 1 aromatic carbocycles. The summed E-state index contributed by atoms with van der Waals surface area (Å²) < 4.78 is 0. The van der Waals surface area contributed by atoms with Crippen molar-refractivity contribution in [1.82, 2.24) is 16.0 Å².